The highest BCUT2D eigenvalue weighted by atomic mass is 16.5. The molecule has 0 radical (unpaired) electrons. The number of hydrogen-bond donors (Lipinski definition) is 0. The molecule has 0 amide bonds. The summed E-state index contributed by atoms with van der Waals surface area (Å²) < 4.78 is 6.15. The summed E-state index contributed by atoms with van der Waals surface area (Å²) in [4.78, 5) is 2.19. The Morgan fingerprint density at radius 3 is 2.24 bits per heavy atom. The first-order valence-corrected chi connectivity index (χ1v) is 7.24. The molecule has 21 heavy (non-hydrogen) atoms. The Kier molecular flexibility index (Phi) is 4.06. The van der Waals surface area contributed by atoms with E-state index in [0.717, 1.165) is 5.56 Å². The number of rotatable bonds is 1. The van der Waals surface area contributed by atoms with E-state index in [1.165, 1.54) is 5.56 Å². The molecule has 2 nitrogen and oxygen atoms in total. The van der Waals surface area contributed by atoms with Crippen LogP contribution in [0.5, 0.6) is 0 Å². The van der Waals surface area contributed by atoms with Gasteiger partial charge in [0, 0.05) is 11.6 Å². The van der Waals surface area contributed by atoms with E-state index in [4.69, 9.17) is 4.74 Å². The van der Waals surface area contributed by atoms with Crippen molar-refractivity contribution >= 4 is 0 Å². The molecule has 0 aliphatic carbocycles. The van der Waals surface area contributed by atoms with E-state index in [-0.39, 0.29) is 12.3 Å². The summed E-state index contributed by atoms with van der Waals surface area (Å²) in [5.41, 5.74) is 2.23. The van der Waals surface area contributed by atoms with Crippen LogP contribution in [-0.4, -0.2) is 24.2 Å². The van der Waals surface area contributed by atoms with Crippen molar-refractivity contribution in [2.24, 2.45) is 0 Å². The molecular weight excluding hydrogens is 258 g/mol. The third-order valence-corrected chi connectivity index (χ3v) is 3.97. The third-order valence-electron chi connectivity index (χ3n) is 3.97. The normalized spacial score (nSPS) is 25.3. The number of benzene rings is 2. The van der Waals surface area contributed by atoms with Crippen molar-refractivity contribution in [3.63, 3.8) is 0 Å². The van der Waals surface area contributed by atoms with Crippen LogP contribution in [0, 0.1) is 11.8 Å². The van der Waals surface area contributed by atoms with Crippen molar-refractivity contribution in [3.8, 4) is 11.8 Å². The van der Waals surface area contributed by atoms with Gasteiger partial charge in [-0.2, -0.15) is 0 Å². The van der Waals surface area contributed by atoms with Crippen LogP contribution in [0.15, 0.2) is 60.7 Å². The van der Waals surface area contributed by atoms with Gasteiger partial charge < -0.3 is 4.74 Å². The van der Waals surface area contributed by atoms with Gasteiger partial charge in [0.25, 0.3) is 0 Å². The molecule has 3 atom stereocenters. The summed E-state index contributed by atoms with van der Waals surface area (Å²) in [5, 5.41) is 0. The molecule has 1 unspecified atom stereocenters. The first kappa shape index (κ1) is 13.9. The van der Waals surface area contributed by atoms with Crippen LogP contribution < -0.4 is 0 Å². The maximum Gasteiger partial charge on any atom is 0.175 e. The lowest BCUT2D eigenvalue weighted by Gasteiger charge is -2.18. The number of likely N-dealkylation sites (N-methyl/N-ethyl adjacent to an activating group) is 1. The van der Waals surface area contributed by atoms with E-state index in [2.05, 4.69) is 42.8 Å². The molecule has 0 aromatic heterocycles. The molecule has 0 bridgehead atoms. The molecule has 2 aromatic carbocycles. The zero-order valence-electron chi connectivity index (χ0n) is 12.4. The van der Waals surface area contributed by atoms with Gasteiger partial charge in [-0.1, -0.05) is 54.5 Å². The smallest absolute Gasteiger partial charge is 0.175 e. The molecule has 1 saturated heterocycles. The van der Waals surface area contributed by atoms with E-state index in [9.17, 15) is 0 Å². The monoisotopic (exact) mass is 277 g/mol. The van der Waals surface area contributed by atoms with Gasteiger partial charge in [0.05, 0.1) is 0 Å². The molecule has 2 aromatic rings. The average Bonchev–Trinajstić information content (AvgIpc) is 2.83. The second kappa shape index (κ2) is 6.13. The van der Waals surface area contributed by atoms with E-state index in [0.29, 0.717) is 6.04 Å². The molecule has 1 heterocycles. The van der Waals surface area contributed by atoms with Gasteiger partial charge >= 0.3 is 0 Å². The molecule has 1 fully saturated rings. The molecule has 2 heteroatoms. The number of ether oxygens (including phenoxy) is 1. The second-order valence-electron chi connectivity index (χ2n) is 5.36. The molecule has 1 aliphatic rings. The highest BCUT2D eigenvalue weighted by molar-refractivity contribution is 5.35. The van der Waals surface area contributed by atoms with Gasteiger partial charge in [-0.15, -0.1) is 0 Å². The fraction of sp³-hybridized carbons (Fsp3) is 0.263. The van der Waals surface area contributed by atoms with E-state index in [1.807, 2.05) is 48.5 Å². The van der Waals surface area contributed by atoms with Crippen LogP contribution >= 0.6 is 0 Å². The number of hydrogen-bond acceptors (Lipinski definition) is 2. The lowest BCUT2D eigenvalue weighted by atomic mass is 10.0. The van der Waals surface area contributed by atoms with E-state index < -0.39 is 0 Å². The van der Waals surface area contributed by atoms with Crippen molar-refractivity contribution < 1.29 is 4.74 Å². The quantitative estimate of drug-likeness (QED) is 0.740. The maximum atomic E-state index is 6.15. The SMILES string of the molecule is C[C@@H]1[C@@H](c2ccccc2)OC(C#Cc2ccccc2)N1C. The van der Waals surface area contributed by atoms with Crippen molar-refractivity contribution in [3.05, 3.63) is 71.8 Å². The topological polar surface area (TPSA) is 12.5 Å². The van der Waals surface area contributed by atoms with Crippen molar-refractivity contribution in [1.29, 1.82) is 0 Å². The third kappa shape index (κ3) is 3.00. The summed E-state index contributed by atoms with van der Waals surface area (Å²) in [6.45, 7) is 2.18. The van der Waals surface area contributed by atoms with Crippen LogP contribution in [-0.2, 0) is 4.74 Å². The van der Waals surface area contributed by atoms with Crippen molar-refractivity contribution in [2.45, 2.75) is 25.3 Å². The van der Waals surface area contributed by atoms with Gasteiger partial charge in [-0.25, -0.2) is 0 Å². The van der Waals surface area contributed by atoms with Gasteiger partial charge in [-0.3, -0.25) is 4.90 Å². The predicted octanol–water partition coefficient (Wildman–Crippen LogP) is 3.46. The Morgan fingerprint density at radius 2 is 1.57 bits per heavy atom. The molecule has 0 N–H and O–H groups in total. The summed E-state index contributed by atoms with van der Waals surface area (Å²) in [6, 6.07) is 20.7. The molecular formula is C19H19NO. The first-order chi connectivity index (χ1) is 10.3. The van der Waals surface area contributed by atoms with Gasteiger partial charge in [0.15, 0.2) is 6.23 Å². The Morgan fingerprint density at radius 1 is 0.952 bits per heavy atom. The minimum Gasteiger partial charge on any atom is -0.342 e. The van der Waals surface area contributed by atoms with Gasteiger partial charge in [0.1, 0.15) is 6.10 Å². The second-order valence-corrected chi connectivity index (χ2v) is 5.36. The average molecular weight is 277 g/mol. The van der Waals surface area contributed by atoms with Crippen LogP contribution in [0.2, 0.25) is 0 Å². The Balaban J connectivity index is 1.78. The first-order valence-electron chi connectivity index (χ1n) is 7.24. The highest BCUT2D eigenvalue weighted by Gasteiger charge is 2.36. The van der Waals surface area contributed by atoms with E-state index >= 15 is 0 Å². The van der Waals surface area contributed by atoms with Crippen LogP contribution in [0.3, 0.4) is 0 Å². The van der Waals surface area contributed by atoms with Crippen LogP contribution in [0.25, 0.3) is 0 Å². The molecule has 0 spiro atoms. The van der Waals surface area contributed by atoms with Crippen molar-refractivity contribution in [1.82, 2.24) is 4.90 Å². The summed E-state index contributed by atoms with van der Waals surface area (Å²) in [5.74, 6) is 6.42. The molecule has 3 rings (SSSR count). The number of nitrogens with zero attached hydrogens (tertiary/aromatic N) is 1. The predicted molar refractivity (Wildman–Crippen MR) is 84.6 cm³/mol. The van der Waals surface area contributed by atoms with Gasteiger partial charge in [-0.05, 0) is 37.6 Å². The maximum absolute atomic E-state index is 6.15. The largest absolute Gasteiger partial charge is 0.342 e. The zero-order valence-corrected chi connectivity index (χ0v) is 12.4. The molecule has 0 saturated carbocycles. The summed E-state index contributed by atoms with van der Waals surface area (Å²) in [7, 11) is 2.07. The minimum absolute atomic E-state index is 0.0753. The van der Waals surface area contributed by atoms with Crippen molar-refractivity contribution in [2.75, 3.05) is 7.05 Å². The fourth-order valence-electron chi connectivity index (χ4n) is 2.58. The Labute approximate surface area is 126 Å². The highest BCUT2D eigenvalue weighted by Crippen LogP contribution is 2.33. The fourth-order valence-corrected chi connectivity index (χ4v) is 2.58. The minimum atomic E-state index is -0.162. The summed E-state index contributed by atoms with van der Waals surface area (Å²) >= 11 is 0. The van der Waals surface area contributed by atoms with Crippen LogP contribution in [0.4, 0.5) is 0 Å². The Hall–Kier alpha value is -2.08. The summed E-state index contributed by atoms with van der Waals surface area (Å²) in [6.07, 6.45) is -0.0864. The van der Waals surface area contributed by atoms with Gasteiger partial charge in [0.2, 0.25) is 0 Å². The molecule has 106 valence electrons. The Bertz CT molecular complexity index is 642. The standard InChI is InChI=1S/C19H19NO/c1-15-19(17-11-7-4-8-12-17)21-18(20(15)2)14-13-16-9-5-3-6-10-16/h3-12,15,18-19H,1-2H3/t15-,18?,19+/m1/s1. The van der Waals surface area contributed by atoms with Crippen LogP contribution in [0.1, 0.15) is 24.2 Å². The van der Waals surface area contributed by atoms with E-state index in [1.54, 1.807) is 0 Å². The zero-order chi connectivity index (χ0) is 14.7. The lowest BCUT2D eigenvalue weighted by Crippen LogP contribution is -2.30. The lowest BCUT2D eigenvalue weighted by molar-refractivity contribution is 0.0471. The molecule has 1 aliphatic heterocycles.